The number of thiophene rings is 1. The second-order valence-corrected chi connectivity index (χ2v) is 6.01. The van der Waals surface area contributed by atoms with Gasteiger partial charge >= 0.3 is 0 Å². The van der Waals surface area contributed by atoms with E-state index in [-0.39, 0.29) is 0 Å². The molecule has 1 aromatic carbocycles. The Morgan fingerprint density at radius 2 is 1.95 bits per heavy atom. The highest BCUT2D eigenvalue weighted by molar-refractivity contribution is 7.15. The zero-order valence-electron chi connectivity index (χ0n) is 11.2. The largest absolute Gasteiger partial charge is 0.220 e. The monoisotopic (exact) mass is 269 g/mol. The Hall–Kier alpha value is -1.94. The van der Waals surface area contributed by atoms with Gasteiger partial charge in [0.15, 0.2) is 0 Å². The third-order valence-corrected chi connectivity index (χ3v) is 4.21. The Morgan fingerprint density at radius 1 is 1.11 bits per heavy atom. The molecule has 0 aliphatic heterocycles. The molecular formula is C15H15N3S. The maximum absolute atomic E-state index is 4.29. The van der Waals surface area contributed by atoms with E-state index >= 15 is 0 Å². The fourth-order valence-corrected chi connectivity index (χ4v) is 3.14. The molecule has 0 saturated carbocycles. The minimum absolute atomic E-state index is 0.942. The second-order valence-electron chi connectivity index (χ2n) is 4.76. The lowest BCUT2D eigenvalue weighted by molar-refractivity contribution is 0.803. The molecule has 96 valence electrons. The van der Waals surface area contributed by atoms with Gasteiger partial charge in [-0.25, -0.2) is 4.68 Å². The molecule has 0 spiro atoms. The van der Waals surface area contributed by atoms with E-state index in [1.807, 2.05) is 23.0 Å². The van der Waals surface area contributed by atoms with Crippen LogP contribution in [0.5, 0.6) is 0 Å². The Bertz CT molecular complexity index is 725. The van der Waals surface area contributed by atoms with Crippen LogP contribution in [0.3, 0.4) is 0 Å². The van der Waals surface area contributed by atoms with Gasteiger partial charge in [-0.2, -0.15) is 0 Å². The van der Waals surface area contributed by atoms with Crippen molar-refractivity contribution in [2.75, 3.05) is 0 Å². The van der Waals surface area contributed by atoms with Crippen LogP contribution in [0.25, 0.3) is 16.3 Å². The summed E-state index contributed by atoms with van der Waals surface area (Å²) in [7, 11) is 0. The molecule has 3 aromatic rings. The summed E-state index contributed by atoms with van der Waals surface area (Å²) in [6.45, 7) is 6.31. The number of hydrogen-bond donors (Lipinski definition) is 0. The normalized spacial score (nSPS) is 10.9. The van der Waals surface area contributed by atoms with Crippen molar-refractivity contribution in [2.45, 2.75) is 20.8 Å². The van der Waals surface area contributed by atoms with E-state index < -0.39 is 0 Å². The smallest absolute Gasteiger partial charge is 0.123 e. The van der Waals surface area contributed by atoms with E-state index in [2.05, 4.69) is 49.3 Å². The highest BCUT2D eigenvalue weighted by Crippen LogP contribution is 2.30. The van der Waals surface area contributed by atoms with Crippen molar-refractivity contribution in [1.29, 1.82) is 0 Å². The first-order valence-electron chi connectivity index (χ1n) is 6.20. The van der Waals surface area contributed by atoms with Crippen LogP contribution in [0.1, 0.15) is 16.0 Å². The van der Waals surface area contributed by atoms with Gasteiger partial charge in [-0.05, 0) is 50.1 Å². The summed E-state index contributed by atoms with van der Waals surface area (Å²) in [5, 5.41) is 8.52. The minimum atomic E-state index is 0.942. The molecule has 0 radical (unpaired) electrons. The van der Waals surface area contributed by atoms with Crippen LogP contribution in [-0.2, 0) is 0 Å². The molecule has 0 amide bonds. The fourth-order valence-electron chi connectivity index (χ4n) is 2.16. The highest BCUT2D eigenvalue weighted by atomic mass is 32.1. The van der Waals surface area contributed by atoms with Gasteiger partial charge in [0, 0.05) is 4.88 Å². The van der Waals surface area contributed by atoms with Crippen molar-refractivity contribution < 1.29 is 0 Å². The van der Waals surface area contributed by atoms with Gasteiger partial charge in [-0.3, -0.25) is 0 Å². The van der Waals surface area contributed by atoms with Gasteiger partial charge in [0.2, 0.25) is 0 Å². The summed E-state index contributed by atoms with van der Waals surface area (Å²) >= 11 is 1.76. The molecule has 4 heteroatoms. The molecule has 0 aliphatic rings. The van der Waals surface area contributed by atoms with Crippen LogP contribution in [0.4, 0.5) is 0 Å². The van der Waals surface area contributed by atoms with Gasteiger partial charge in [-0.1, -0.05) is 17.3 Å². The zero-order chi connectivity index (χ0) is 13.4. The lowest BCUT2D eigenvalue weighted by Gasteiger charge is -2.00. The van der Waals surface area contributed by atoms with Crippen LogP contribution in [0.15, 0.2) is 36.5 Å². The van der Waals surface area contributed by atoms with Crippen LogP contribution < -0.4 is 0 Å². The number of aromatic nitrogens is 3. The molecular weight excluding hydrogens is 254 g/mol. The first kappa shape index (κ1) is 12.1. The number of nitrogens with zero attached hydrogens (tertiary/aromatic N) is 3. The van der Waals surface area contributed by atoms with Crippen LogP contribution in [-0.4, -0.2) is 15.0 Å². The molecule has 0 unspecified atom stereocenters. The van der Waals surface area contributed by atoms with E-state index in [0.717, 1.165) is 11.4 Å². The van der Waals surface area contributed by atoms with Crippen molar-refractivity contribution in [3.63, 3.8) is 0 Å². The Morgan fingerprint density at radius 3 is 2.63 bits per heavy atom. The van der Waals surface area contributed by atoms with Gasteiger partial charge < -0.3 is 0 Å². The molecule has 0 fully saturated rings. The first-order valence-corrected chi connectivity index (χ1v) is 7.02. The molecule has 19 heavy (non-hydrogen) atoms. The van der Waals surface area contributed by atoms with Crippen molar-refractivity contribution in [1.82, 2.24) is 15.0 Å². The molecule has 0 aliphatic carbocycles. The van der Waals surface area contributed by atoms with Crippen molar-refractivity contribution >= 4 is 11.3 Å². The number of hydrogen-bond acceptors (Lipinski definition) is 3. The maximum Gasteiger partial charge on any atom is 0.123 e. The van der Waals surface area contributed by atoms with Crippen molar-refractivity contribution in [2.24, 2.45) is 0 Å². The maximum atomic E-state index is 4.29. The summed E-state index contributed by atoms with van der Waals surface area (Å²) in [6, 6.07) is 10.4. The van der Waals surface area contributed by atoms with Crippen LogP contribution >= 0.6 is 11.3 Å². The molecule has 3 rings (SSSR count). The zero-order valence-corrected chi connectivity index (χ0v) is 12.0. The summed E-state index contributed by atoms with van der Waals surface area (Å²) in [6.07, 6.45) is 1.99. The molecule has 0 atom stereocenters. The van der Waals surface area contributed by atoms with Crippen LogP contribution in [0, 0.1) is 20.8 Å². The Kier molecular flexibility index (Phi) is 2.95. The Labute approximate surface area is 116 Å². The predicted octanol–water partition coefficient (Wildman–Crippen LogP) is 3.92. The summed E-state index contributed by atoms with van der Waals surface area (Å²) < 4.78 is 1.83. The quantitative estimate of drug-likeness (QED) is 0.706. The number of rotatable bonds is 2. The number of aryl methyl sites for hydroxylation is 3. The summed E-state index contributed by atoms with van der Waals surface area (Å²) in [5.41, 5.74) is 4.47. The molecule has 2 aromatic heterocycles. The first-order chi connectivity index (χ1) is 9.13. The van der Waals surface area contributed by atoms with E-state index in [1.165, 1.54) is 20.9 Å². The van der Waals surface area contributed by atoms with Gasteiger partial charge in [0.05, 0.1) is 16.8 Å². The van der Waals surface area contributed by atoms with E-state index in [4.69, 9.17) is 0 Å². The lowest BCUT2D eigenvalue weighted by Crippen LogP contribution is -1.94. The van der Waals surface area contributed by atoms with E-state index in [1.54, 1.807) is 11.3 Å². The molecule has 0 N–H and O–H groups in total. The van der Waals surface area contributed by atoms with Crippen molar-refractivity contribution in [3.8, 4) is 16.3 Å². The van der Waals surface area contributed by atoms with E-state index in [9.17, 15) is 0 Å². The summed E-state index contributed by atoms with van der Waals surface area (Å²) in [4.78, 5) is 2.51. The van der Waals surface area contributed by atoms with Crippen molar-refractivity contribution in [3.05, 3.63) is 52.5 Å². The number of benzene rings is 1. The second kappa shape index (κ2) is 4.63. The standard InChI is InChI=1S/C15H15N3S/c1-10-5-4-6-13(7-10)18-9-14(16-17-18)15-11(2)8-12(3)19-15/h4-9H,1-3H3. The fraction of sp³-hybridized carbons (Fsp3) is 0.200. The van der Waals surface area contributed by atoms with E-state index in [0.29, 0.717) is 0 Å². The predicted molar refractivity (Wildman–Crippen MR) is 78.9 cm³/mol. The van der Waals surface area contributed by atoms with Gasteiger partial charge in [-0.15, -0.1) is 16.4 Å². The third kappa shape index (κ3) is 2.31. The topological polar surface area (TPSA) is 30.7 Å². The molecule has 2 heterocycles. The highest BCUT2D eigenvalue weighted by Gasteiger charge is 2.10. The SMILES string of the molecule is Cc1cccc(-n2cc(-c3sc(C)cc3C)nn2)c1. The average Bonchev–Trinajstić information content (AvgIpc) is 2.96. The summed E-state index contributed by atoms with van der Waals surface area (Å²) in [5.74, 6) is 0. The lowest BCUT2D eigenvalue weighted by atomic mass is 10.2. The molecule has 0 saturated heterocycles. The Balaban J connectivity index is 2.02. The third-order valence-electron chi connectivity index (χ3n) is 3.03. The van der Waals surface area contributed by atoms with Crippen LogP contribution in [0.2, 0.25) is 0 Å². The van der Waals surface area contributed by atoms with Gasteiger partial charge in [0.1, 0.15) is 5.69 Å². The minimum Gasteiger partial charge on any atom is -0.220 e. The average molecular weight is 269 g/mol. The molecule has 0 bridgehead atoms. The van der Waals surface area contributed by atoms with Gasteiger partial charge in [0.25, 0.3) is 0 Å². The molecule has 3 nitrogen and oxygen atoms in total.